The third kappa shape index (κ3) is 5.57. The van der Waals surface area contributed by atoms with Crippen LogP contribution in [0, 0.1) is 0 Å². The SMILES string of the molecule is CS(=O)(=O)Nc1cc(Br)cc(NC(=O)c2cnn(-c3cccc(C(F)F)n3)c2)c1. The van der Waals surface area contributed by atoms with Gasteiger partial charge in [-0.3, -0.25) is 9.52 Å². The van der Waals surface area contributed by atoms with E-state index in [-0.39, 0.29) is 17.1 Å². The van der Waals surface area contributed by atoms with Crippen molar-refractivity contribution in [2.75, 3.05) is 16.3 Å². The van der Waals surface area contributed by atoms with Crippen LogP contribution in [-0.4, -0.2) is 35.3 Å². The third-order valence-electron chi connectivity index (χ3n) is 3.52. The summed E-state index contributed by atoms with van der Waals surface area (Å²) in [5.74, 6) is -0.381. The summed E-state index contributed by atoms with van der Waals surface area (Å²) in [6.45, 7) is 0. The largest absolute Gasteiger partial charge is 0.322 e. The number of hydrogen-bond donors (Lipinski definition) is 2. The Hall–Kier alpha value is -2.86. The molecule has 2 aromatic heterocycles. The predicted molar refractivity (Wildman–Crippen MR) is 107 cm³/mol. The van der Waals surface area contributed by atoms with Gasteiger partial charge in [0.05, 0.1) is 23.7 Å². The molecule has 2 N–H and O–H groups in total. The first-order valence-corrected chi connectivity index (χ1v) is 10.7. The number of halogens is 3. The molecule has 3 rings (SSSR count). The molecule has 0 saturated heterocycles. The maximum Gasteiger partial charge on any atom is 0.280 e. The summed E-state index contributed by atoms with van der Waals surface area (Å²) >= 11 is 3.25. The highest BCUT2D eigenvalue weighted by atomic mass is 79.9. The van der Waals surface area contributed by atoms with Crippen molar-refractivity contribution in [2.24, 2.45) is 0 Å². The van der Waals surface area contributed by atoms with Gasteiger partial charge in [0.1, 0.15) is 5.69 Å². The van der Waals surface area contributed by atoms with Gasteiger partial charge in [0, 0.05) is 16.4 Å². The Balaban J connectivity index is 1.80. The number of alkyl halides is 2. The van der Waals surface area contributed by atoms with Crippen LogP contribution in [0.5, 0.6) is 0 Å². The standard InChI is InChI=1S/C17H14BrF2N5O3S/c1-29(27,28)24-13-6-11(18)5-12(7-13)22-17(26)10-8-21-25(9-10)15-4-2-3-14(23-15)16(19)20/h2-9,16,24H,1H3,(H,22,26). The molecule has 0 aliphatic heterocycles. The van der Waals surface area contributed by atoms with Crippen molar-refractivity contribution < 1.29 is 22.0 Å². The topological polar surface area (TPSA) is 106 Å². The van der Waals surface area contributed by atoms with Crippen LogP contribution in [0.4, 0.5) is 20.2 Å². The number of hydrogen-bond acceptors (Lipinski definition) is 5. The number of carbonyl (C=O) groups excluding carboxylic acids is 1. The first kappa shape index (κ1) is 20.9. The van der Waals surface area contributed by atoms with Crippen molar-refractivity contribution in [1.29, 1.82) is 0 Å². The Bertz CT molecular complexity index is 1170. The van der Waals surface area contributed by atoms with Gasteiger partial charge in [0.2, 0.25) is 10.0 Å². The Morgan fingerprint density at radius 1 is 1.21 bits per heavy atom. The number of sulfonamides is 1. The zero-order chi connectivity index (χ0) is 21.2. The van der Waals surface area contributed by atoms with E-state index >= 15 is 0 Å². The van der Waals surface area contributed by atoms with Crippen LogP contribution in [-0.2, 0) is 10.0 Å². The fourth-order valence-corrected chi connectivity index (χ4v) is 3.43. The van der Waals surface area contributed by atoms with Crippen LogP contribution < -0.4 is 10.0 Å². The maximum atomic E-state index is 12.8. The van der Waals surface area contributed by atoms with Crippen molar-refractivity contribution in [3.05, 3.63) is 64.5 Å². The highest BCUT2D eigenvalue weighted by Crippen LogP contribution is 2.24. The molecule has 0 spiro atoms. The lowest BCUT2D eigenvalue weighted by Gasteiger charge is -2.09. The van der Waals surface area contributed by atoms with E-state index in [1.54, 1.807) is 6.07 Å². The molecule has 29 heavy (non-hydrogen) atoms. The summed E-state index contributed by atoms with van der Waals surface area (Å²) in [5.41, 5.74) is 0.359. The molecule has 0 aliphatic carbocycles. The van der Waals surface area contributed by atoms with E-state index in [2.05, 4.69) is 36.1 Å². The lowest BCUT2D eigenvalue weighted by molar-refractivity contribution is 0.102. The van der Waals surface area contributed by atoms with Crippen molar-refractivity contribution >= 4 is 43.2 Å². The molecule has 0 saturated carbocycles. The van der Waals surface area contributed by atoms with Crippen molar-refractivity contribution in [3.8, 4) is 5.82 Å². The lowest BCUT2D eigenvalue weighted by atomic mass is 10.2. The van der Waals surface area contributed by atoms with Crippen molar-refractivity contribution in [3.63, 3.8) is 0 Å². The molecular weight excluding hydrogens is 472 g/mol. The fourth-order valence-electron chi connectivity index (χ4n) is 2.39. The second kappa shape index (κ2) is 8.25. The summed E-state index contributed by atoms with van der Waals surface area (Å²) in [6, 6.07) is 8.67. The molecule has 2 heterocycles. The van der Waals surface area contributed by atoms with Gasteiger partial charge in [-0.05, 0) is 30.3 Å². The van der Waals surface area contributed by atoms with E-state index in [1.807, 2.05) is 0 Å². The maximum absolute atomic E-state index is 12.8. The molecule has 12 heteroatoms. The monoisotopic (exact) mass is 485 g/mol. The molecule has 1 amide bonds. The van der Waals surface area contributed by atoms with Crippen LogP contribution in [0.1, 0.15) is 22.5 Å². The fraction of sp³-hybridized carbons (Fsp3) is 0.118. The van der Waals surface area contributed by atoms with Gasteiger partial charge >= 0.3 is 0 Å². The zero-order valence-electron chi connectivity index (χ0n) is 14.8. The minimum absolute atomic E-state index is 0.143. The van der Waals surface area contributed by atoms with Gasteiger partial charge in [-0.2, -0.15) is 5.10 Å². The molecule has 0 radical (unpaired) electrons. The van der Waals surface area contributed by atoms with Gasteiger partial charge in [-0.15, -0.1) is 0 Å². The number of anilines is 2. The predicted octanol–water partition coefficient (Wildman–Crippen LogP) is 3.59. The average Bonchev–Trinajstić information content (AvgIpc) is 3.10. The number of benzene rings is 1. The van der Waals surface area contributed by atoms with E-state index in [9.17, 15) is 22.0 Å². The molecule has 0 aliphatic rings. The molecule has 8 nitrogen and oxygen atoms in total. The molecule has 152 valence electrons. The summed E-state index contributed by atoms with van der Waals surface area (Å²) < 4.78 is 52.5. The van der Waals surface area contributed by atoms with E-state index in [1.165, 1.54) is 47.4 Å². The number of nitrogens with one attached hydrogen (secondary N) is 2. The molecular formula is C17H14BrF2N5O3S. The van der Waals surface area contributed by atoms with Gasteiger partial charge < -0.3 is 5.32 Å². The Labute approximate surface area is 173 Å². The van der Waals surface area contributed by atoms with Crippen molar-refractivity contribution in [2.45, 2.75) is 6.43 Å². The van der Waals surface area contributed by atoms with E-state index in [0.717, 1.165) is 6.26 Å². The molecule has 3 aromatic rings. The van der Waals surface area contributed by atoms with Gasteiger partial charge in [0.15, 0.2) is 5.82 Å². The summed E-state index contributed by atoms with van der Waals surface area (Å²) in [4.78, 5) is 16.3. The average molecular weight is 486 g/mol. The Morgan fingerprint density at radius 2 is 1.93 bits per heavy atom. The first-order valence-electron chi connectivity index (χ1n) is 8.00. The van der Waals surface area contributed by atoms with Gasteiger partial charge in [-0.25, -0.2) is 26.9 Å². The highest BCUT2D eigenvalue weighted by Gasteiger charge is 2.14. The van der Waals surface area contributed by atoms with Crippen LogP contribution in [0.25, 0.3) is 5.82 Å². The highest BCUT2D eigenvalue weighted by molar-refractivity contribution is 9.10. The number of nitrogens with zero attached hydrogens (tertiary/aromatic N) is 3. The number of amides is 1. The summed E-state index contributed by atoms with van der Waals surface area (Å²) in [7, 11) is -3.49. The van der Waals surface area contributed by atoms with Crippen molar-refractivity contribution in [1.82, 2.24) is 14.8 Å². The van der Waals surface area contributed by atoms with E-state index in [4.69, 9.17) is 0 Å². The van der Waals surface area contributed by atoms with Crippen LogP contribution in [0.2, 0.25) is 0 Å². The Kier molecular flexibility index (Phi) is 5.94. The Morgan fingerprint density at radius 3 is 2.62 bits per heavy atom. The summed E-state index contributed by atoms with van der Waals surface area (Å²) in [5, 5.41) is 6.60. The normalized spacial score (nSPS) is 11.5. The smallest absolute Gasteiger partial charge is 0.280 e. The van der Waals surface area contributed by atoms with Crippen LogP contribution in [0.3, 0.4) is 0 Å². The van der Waals surface area contributed by atoms with Crippen LogP contribution >= 0.6 is 15.9 Å². The molecule has 0 atom stereocenters. The van der Waals surface area contributed by atoms with E-state index in [0.29, 0.717) is 10.2 Å². The number of rotatable bonds is 6. The molecule has 0 fully saturated rings. The minimum atomic E-state index is -3.49. The zero-order valence-corrected chi connectivity index (χ0v) is 17.2. The van der Waals surface area contributed by atoms with Gasteiger partial charge in [0.25, 0.3) is 12.3 Å². The molecule has 1 aromatic carbocycles. The van der Waals surface area contributed by atoms with Crippen LogP contribution in [0.15, 0.2) is 53.3 Å². The third-order valence-corrected chi connectivity index (χ3v) is 4.58. The van der Waals surface area contributed by atoms with E-state index < -0.39 is 28.0 Å². The quantitative estimate of drug-likeness (QED) is 0.554. The number of aromatic nitrogens is 3. The number of carbonyl (C=O) groups is 1. The minimum Gasteiger partial charge on any atom is -0.322 e. The summed E-state index contributed by atoms with van der Waals surface area (Å²) in [6.07, 6.45) is 0.900. The second-order valence-corrected chi connectivity index (χ2v) is 8.62. The first-order chi connectivity index (χ1) is 13.6. The number of pyridine rings is 1. The molecule has 0 unspecified atom stereocenters. The second-order valence-electron chi connectivity index (χ2n) is 5.95. The van der Waals surface area contributed by atoms with Gasteiger partial charge in [-0.1, -0.05) is 22.0 Å². The molecule has 0 bridgehead atoms. The lowest BCUT2D eigenvalue weighted by Crippen LogP contribution is -2.13.